The number of nitrogens with two attached hydrogens (primary N) is 1. The van der Waals surface area contributed by atoms with Gasteiger partial charge >= 0.3 is 0 Å². The molecule has 1 atom stereocenters. The van der Waals surface area contributed by atoms with Gasteiger partial charge in [0.1, 0.15) is 6.61 Å². The number of carbonyl (C=O) groups is 3. The topological polar surface area (TPSA) is 139 Å². The summed E-state index contributed by atoms with van der Waals surface area (Å²) in [4.78, 5) is 39.6. The summed E-state index contributed by atoms with van der Waals surface area (Å²) in [6, 6.07) is 2.88. The van der Waals surface area contributed by atoms with Crippen LogP contribution >= 0.6 is 0 Å². The van der Waals surface area contributed by atoms with Gasteiger partial charge in [0.05, 0.1) is 11.5 Å². The summed E-state index contributed by atoms with van der Waals surface area (Å²) in [6.07, 6.45) is 1.90. The van der Waals surface area contributed by atoms with Gasteiger partial charge in [0.25, 0.3) is 5.91 Å². The van der Waals surface area contributed by atoms with E-state index in [2.05, 4.69) is 4.72 Å². The first-order valence-corrected chi connectivity index (χ1v) is 11.3. The number of likely N-dealkylation sites (tertiary alicyclic amines) is 1. The number of hydrogen-bond donors (Lipinski definition) is 2. The second-order valence-electron chi connectivity index (χ2n) is 7.19. The van der Waals surface area contributed by atoms with Gasteiger partial charge in [-0.3, -0.25) is 14.4 Å². The largest absolute Gasteiger partial charge is 0.370 e. The summed E-state index contributed by atoms with van der Waals surface area (Å²) in [5, 5.41) is 0. The van der Waals surface area contributed by atoms with E-state index in [0.29, 0.717) is 43.9 Å². The Bertz CT molecular complexity index is 942. The van der Waals surface area contributed by atoms with Gasteiger partial charge in [0, 0.05) is 25.3 Å². The summed E-state index contributed by atoms with van der Waals surface area (Å²) in [5.41, 5.74) is 6.23. The molecule has 2 aliphatic rings. The number of morpholine rings is 1. The molecule has 1 aromatic rings. The molecule has 0 radical (unpaired) electrons. The zero-order valence-electron chi connectivity index (χ0n) is 16.8. The lowest BCUT2D eigenvalue weighted by Crippen LogP contribution is -2.54. The number of benzene rings is 1. The molecule has 164 valence electrons. The maximum atomic E-state index is 13.1. The third-order valence-corrected chi connectivity index (χ3v) is 6.76. The van der Waals surface area contributed by atoms with E-state index in [1.807, 2.05) is 0 Å². The molecule has 3 amide bonds. The van der Waals surface area contributed by atoms with E-state index in [1.165, 1.54) is 21.9 Å². The number of carbonyl (C=O) groups excluding carboxylic acids is 3. The van der Waals surface area contributed by atoms with Crippen molar-refractivity contribution in [3.05, 3.63) is 23.8 Å². The van der Waals surface area contributed by atoms with E-state index < -0.39 is 27.9 Å². The minimum atomic E-state index is -4.27. The smallest absolute Gasteiger partial charge is 0.253 e. The summed E-state index contributed by atoms with van der Waals surface area (Å²) in [6.45, 7) is 3.26. The van der Waals surface area contributed by atoms with Gasteiger partial charge in [-0.1, -0.05) is 13.0 Å². The molecule has 2 heterocycles. The first kappa shape index (κ1) is 22.2. The Hall–Kier alpha value is -2.50. The van der Waals surface area contributed by atoms with Crippen molar-refractivity contribution in [1.29, 1.82) is 0 Å². The number of ether oxygens (including phenoxy) is 1. The second kappa shape index (κ2) is 9.11. The Kier molecular flexibility index (Phi) is 6.74. The highest BCUT2D eigenvalue weighted by atomic mass is 32.2. The van der Waals surface area contributed by atoms with Crippen LogP contribution in [0, 0.1) is 0 Å². The molecule has 2 saturated heterocycles. The van der Waals surface area contributed by atoms with Crippen molar-refractivity contribution in [3.63, 3.8) is 0 Å². The molecule has 1 aromatic carbocycles. The number of sulfonamides is 1. The molecular weight excluding hydrogens is 412 g/mol. The Labute approximate surface area is 175 Å². The van der Waals surface area contributed by atoms with Crippen LogP contribution < -0.4 is 15.4 Å². The van der Waals surface area contributed by atoms with E-state index >= 15 is 0 Å². The van der Waals surface area contributed by atoms with Gasteiger partial charge in [-0.25, -0.2) is 8.42 Å². The predicted octanol–water partition coefficient (Wildman–Crippen LogP) is -0.633. The zero-order chi connectivity index (χ0) is 21.9. The van der Waals surface area contributed by atoms with Crippen molar-refractivity contribution >= 4 is 33.4 Å². The maximum absolute atomic E-state index is 13.1. The van der Waals surface area contributed by atoms with Gasteiger partial charge in [0.15, 0.2) is 6.04 Å². The molecule has 10 nitrogen and oxygen atoms in total. The van der Waals surface area contributed by atoms with E-state index in [9.17, 15) is 22.8 Å². The summed E-state index contributed by atoms with van der Waals surface area (Å²) < 4.78 is 33.6. The number of anilines is 1. The third kappa shape index (κ3) is 4.47. The fourth-order valence-corrected chi connectivity index (χ4v) is 5.24. The van der Waals surface area contributed by atoms with Crippen LogP contribution in [0.2, 0.25) is 0 Å². The predicted molar refractivity (Wildman–Crippen MR) is 108 cm³/mol. The van der Waals surface area contributed by atoms with Crippen LogP contribution in [0.5, 0.6) is 0 Å². The second-order valence-corrected chi connectivity index (χ2v) is 8.88. The average Bonchev–Trinajstić information content (AvgIpc) is 3.26. The highest BCUT2D eigenvalue weighted by Gasteiger charge is 2.36. The van der Waals surface area contributed by atoms with Gasteiger partial charge in [-0.15, -0.1) is 0 Å². The lowest BCUT2D eigenvalue weighted by atomic mass is 10.1. The van der Waals surface area contributed by atoms with E-state index in [1.54, 1.807) is 13.0 Å². The summed E-state index contributed by atoms with van der Waals surface area (Å²) in [5.74, 6) is -1.98. The highest BCUT2D eigenvalue weighted by molar-refractivity contribution is 7.89. The number of nitrogens with zero attached hydrogens (tertiary/aromatic N) is 2. The van der Waals surface area contributed by atoms with E-state index in [4.69, 9.17) is 10.5 Å². The summed E-state index contributed by atoms with van der Waals surface area (Å²) in [7, 11) is -4.27. The van der Waals surface area contributed by atoms with Crippen molar-refractivity contribution in [2.75, 3.05) is 37.7 Å². The van der Waals surface area contributed by atoms with Crippen LogP contribution in [0.4, 0.5) is 5.69 Å². The van der Waals surface area contributed by atoms with Crippen LogP contribution in [0.25, 0.3) is 0 Å². The maximum Gasteiger partial charge on any atom is 0.253 e. The van der Waals surface area contributed by atoms with Crippen LogP contribution in [0.3, 0.4) is 0 Å². The lowest BCUT2D eigenvalue weighted by Gasteiger charge is -2.29. The van der Waals surface area contributed by atoms with Gasteiger partial charge in [-0.05, 0) is 37.0 Å². The van der Waals surface area contributed by atoms with Gasteiger partial charge in [0.2, 0.25) is 21.8 Å². The van der Waals surface area contributed by atoms with Gasteiger partial charge < -0.3 is 20.3 Å². The summed E-state index contributed by atoms with van der Waals surface area (Å²) >= 11 is 0. The molecule has 11 heteroatoms. The van der Waals surface area contributed by atoms with Gasteiger partial charge in [-0.2, -0.15) is 4.72 Å². The number of nitrogens with one attached hydrogen (secondary N) is 1. The lowest BCUT2D eigenvalue weighted by molar-refractivity contribution is -0.136. The molecule has 0 aliphatic carbocycles. The van der Waals surface area contributed by atoms with Crippen molar-refractivity contribution in [1.82, 2.24) is 9.62 Å². The molecule has 30 heavy (non-hydrogen) atoms. The van der Waals surface area contributed by atoms with E-state index in [0.717, 1.165) is 12.8 Å². The number of primary amides is 1. The molecule has 0 aromatic heterocycles. The molecule has 2 aliphatic heterocycles. The highest BCUT2D eigenvalue weighted by Crippen LogP contribution is 2.29. The van der Waals surface area contributed by atoms with Crippen molar-refractivity contribution in [2.45, 2.75) is 37.1 Å². The molecular formula is C19H26N4O6S. The first-order valence-electron chi connectivity index (χ1n) is 9.86. The van der Waals surface area contributed by atoms with E-state index in [-0.39, 0.29) is 17.4 Å². The third-order valence-electron chi connectivity index (χ3n) is 5.25. The van der Waals surface area contributed by atoms with Crippen molar-refractivity contribution < 1.29 is 27.5 Å². The average molecular weight is 439 g/mol. The Morgan fingerprint density at radius 3 is 2.53 bits per heavy atom. The quantitative estimate of drug-likeness (QED) is 0.543. The minimum absolute atomic E-state index is 0.0769. The number of amides is 3. The van der Waals surface area contributed by atoms with Crippen LogP contribution in [-0.2, 0) is 35.6 Å². The van der Waals surface area contributed by atoms with Crippen LogP contribution in [0.15, 0.2) is 23.1 Å². The van der Waals surface area contributed by atoms with Crippen LogP contribution in [-0.4, -0.2) is 69.9 Å². The van der Waals surface area contributed by atoms with Crippen LogP contribution in [0.1, 0.15) is 25.3 Å². The first-order chi connectivity index (χ1) is 14.3. The molecule has 0 unspecified atom stereocenters. The zero-order valence-corrected chi connectivity index (χ0v) is 17.6. The molecule has 3 rings (SSSR count). The SMILES string of the molecule is CCc1c(N2CCOCC2=O)cccc1S(=O)(=O)N[C@@H](C(N)=O)C(=O)N1CCCC1. The fraction of sp³-hybridized carbons (Fsp3) is 0.526. The number of rotatable bonds is 7. The monoisotopic (exact) mass is 438 g/mol. The Morgan fingerprint density at radius 2 is 1.93 bits per heavy atom. The Balaban J connectivity index is 1.94. The normalized spacial score (nSPS) is 18.5. The Morgan fingerprint density at radius 1 is 1.23 bits per heavy atom. The van der Waals surface area contributed by atoms with Crippen molar-refractivity contribution in [3.8, 4) is 0 Å². The molecule has 0 bridgehead atoms. The molecule has 3 N–H and O–H groups in total. The minimum Gasteiger partial charge on any atom is -0.370 e. The molecule has 0 saturated carbocycles. The fourth-order valence-electron chi connectivity index (χ4n) is 3.76. The number of hydrogen-bond acceptors (Lipinski definition) is 6. The van der Waals surface area contributed by atoms with Crippen molar-refractivity contribution in [2.24, 2.45) is 5.73 Å². The molecule has 2 fully saturated rings. The standard InChI is InChI=1S/C19H26N4O6S/c1-2-13-14(23-10-11-29-12-16(23)24)6-5-7-15(13)30(27,28)21-17(18(20)25)19(26)22-8-3-4-9-22/h5-7,17,21H,2-4,8-12H2,1H3,(H2,20,25)/t17-/m0/s1. The molecule has 0 spiro atoms.